The van der Waals surface area contributed by atoms with Crippen molar-refractivity contribution in [1.29, 1.82) is 0 Å². The molecule has 0 bridgehead atoms. The third-order valence-electron chi connectivity index (χ3n) is 4.39. The maximum atomic E-state index is 6.12. The minimum Gasteiger partial charge on any atom is -0.455 e. The quantitative estimate of drug-likeness (QED) is 0.453. The molecule has 1 N–H and O–H groups in total. The van der Waals surface area contributed by atoms with E-state index >= 15 is 0 Å². The number of furan rings is 1. The van der Waals surface area contributed by atoms with Gasteiger partial charge in [0, 0.05) is 28.1 Å². The summed E-state index contributed by atoms with van der Waals surface area (Å²) < 4.78 is 6.12. The monoisotopic (exact) mass is 337 g/mol. The minimum absolute atomic E-state index is 0.745. The molecule has 0 amide bonds. The number of hydrogen-bond donors (Lipinski definition) is 1. The van der Waals surface area contributed by atoms with Crippen LogP contribution in [-0.4, -0.2) is 9.97 Å². The fraction of sp³-hybridized carbons (Fsp3) is 0. The Kier molecular flexibility index (Phi) is 3.39. The first-order valence-corrected chi connectivity index (χ1v) is 8.43. The van der Waals surface area contributed by atoms with Crippen molar-refractivity contribution < 1.29 is 4.42 Å². The molecule has 4 nitrogen and oxygen atoms in total. The second kappa shape index (κ2) is 6.01. The number of fused-ring (bicyclic) bond motifs is 3. The van der Waals surface area contributed by atoms with Crippen molar-refractivity contribution in [2.75, 3.05) is 5.32 Å². The molecule has 2 heterocycles. The van der Waals surface area contributed by atoms with Crippen molar-refractivity contribution in [2.45, 2.75) is 0 Å². The van der Waals surface area contributed by atoms with E-state index in [1.165, 1.54) is 0 Å². The first-order chi connectivity index (χ1) is 12.9. The molecule has 4 heteroatoms. The topological polar surface area (TPSA) is 51.0 Å². The van der Waals surface area contributed by atoms with Crippen LogP contribution >= 0.6 is 0 Å². The van der Waals surface area contributed by atoms with E-state index in [0.717, 1.165) is 44.7 Å². The Labute approximate surface area is 150 Å². The average Bonchev–Trinajstić information content (AvgIpc) is 3.08. The smallest absolute Gasteiger partial charge is 0.144 e. The van der Waals surface area contributed by atoms with Crippen molar-refractivity contribution in [1.82, 2.24) is 9.97 Å². The molecule has 124 valence electrons. The lowest BCUT2D eigenvalue weighted by Crippen LogP contribution is -1.95. The van der Waals surface area contributed by atoms with Crippen molar-refractivity contribution >= 4 is 33.4 Å². The largest absolute Gasteiger partial charge is 0.455 e. The van der Waals surface area contributed by atoms with Crippen molar-refractivity contribution in [2.24, 2.45) is 0 Å². The maximum Gasteiger partial charge on any atom is 0.144 e. The molecule has 0 aliphatic carbocycles. The molecule has 5 rings (SSSR count). The van der Waals surface area contributed by atoms with Gasteiger partial charge in [0.1, 0.15) is 23.3 Å². The van der Waals surface area contributed by atoms with Crippen LogP contribution in [0.2, 0.25) is 0 Å². The Hall–Kier alpha value is -3.66. The molecular formula is C22H15N3O. The highest BCUT2D eigenvalue weighted by Crippen LogP contribution is 2.35. The molecule has 0 spiro atoms. The van der Waals surface area contributed by atoms with Gasteiger partial charge in [-0.25, -0.2) is 9.97 Å². The number of nitrogens with zero attached hydrogens (tertiary/aromatic N) is 2. The van der Waals surface area contributed by atoms with Crippen LogP contribution in [0.1, 0.15) is 0 Å². The van der Waals surface area contributed by atoms with Crippen LogP contribution in [0.4, 0.5) is 11.5 Å². The van der Waals surface area contributed by atoms with Gasteiger partial charge in [-0.05, 0) is 24.3 Å². The molecule has 3 aromatic carbocycles. The van der Waals surface area contributed by atoms with Gasteiger partial charge < -0.3 is 9.73 Å². The first-order valence-electron chi connectivity index (χ1n) is 8.43. The van der Waals surface area contributed by atoms with E-state index in [1.54, 1.807) is 6.33 Å². The Morgan fingerprint density at radius 1 is 0.731 bits per heavy atom. The Morgan fingerprint density at radius 3 is 2.46 bits per heavy atom. The van der Waals surface area contributed by atoms with Crippen LogP contribution in [0.5, 0.6) is 0 Å². The Bertz CT molecular complexity index is 1210. The fourth-order valence-electron chi connectivity index (χ4n) is 3.19. The molecule has 0 aliphatic rings. The normalized spacial score (nSPS) is 11.1. The second-order valence-corrected chi connectivity index (χ2v) is 6.06. The van der Waals surface area contributed by atoms with E-state index in [9.17, 15) is 0 Å². The van der Waals surface area contributed by atoms with E-state index in [-0.39, 0.29) is 0 Å². The summed E-state index contributed by atoms with van der Waals surface area (Å²) in [7, 11) is 0. The Morgan fingerprint density at radius 2 is 1.54 bits per heavy atom. The SMILES string of the molecule is c1ccc(Nc2cc(-c3cccc4c3oc3ccccc34)ncn2)cc1. The van der Waals surface area contributed by atoms with Crippen LogP contribution in [-0.2, 0) is 0 Å². The van der Waals surface area contributed by atoms with Crippen molar-refractivity contribution in [3.8, 4) is 11.3 Å². The highest BCUT2D eigenvalue weighted by molar-refractivity contribution is 6.09. The first kappa shape index (κ1) is 14.7. The standard InChI is InChI=1S/C22H15N3O/c1-2-7-15(8-3-1)25-21-13-19(23-14-24-21)18-11-6-10-17-16-9-4-5-12-20(16)26-22(17)18/h1-14H,(H,23,24,25). The second-order valence-electron chi connectivity index (χ2n) is 6.06. The lowest BCUT2D eigenvalue weighted by molar-refractivity contribution is 0.670. The van der Waals surface area contributed by atoms with Gasteiger partial charge in [0.15, 0.2) is 0 Å². The minimum atomic E-state index is 0.745. The zero-order chi connectivity index (χ0) is 17.3. The van der Waals surface area contributed by atoms with Crippen molar-refractivity contribution in [3.05, 3.63) is 85.2 Å². The number of nitrogens with one attached hydrogen (secondary N) is 1. The highest BCUT2D eigenvalue weighted by Gasteiger charge is 2.13. The zero-order valence-electron chi connectivity index (χ0n) is 13.9. The average molecular weight is 337 g/mol. The molecule has 26 heavy (non-hydrogen) atoms. The summed E-state index contributed by atoms with van der Waals surface area (Å²) in [5, 5.41) is 5.51. The number of aromatic nitrogens is 2. The van der Waals surface area contributed by atoms with Gasteiger partial charge in [0.05, 0.1) is 5.69 Å². The number of benzene rings is 3. The number of hydrogen-bond acceptors (Lipinski definition) is 4. The van der Waals surface area contributed by atoms with Gasteiger partial charge in [0.25, 0.3) is 0 Å². The maximum absolute atomic E-state index is 6.12. The van der Waals surface area contributed by atoms with Gasteiger partial charge in [-0.3, -0.25) is 0 Å². The lowest BCUT2D eigenvalue weighted by atomic mass is 10.1. The van der Waals surface area contributed by atoms with E-state index < -0.39 is 0 Å². The third kappa shape index (κ3) is 2.48. The Balaban J connectivity index is 1.63. The van der Waals surface area contributed by atoms with E-state index in [2.05, 4.69) is 27.4 Å². The molecule has 0 unspecified atom stereocenters. The predicted molar refractivity (Wildman–Crippen MR) is 104 cm³/mol. The van der Waals surface area contributed by atoms with Crippen LogP contribution in [0, 0.1) is 0 Å². The molecule has 0 radical (unpaired) electrons. The zero-order valence-corrected chi connectivity index (χ0v) is 13.9. The van der Waals surface area contributed by atoms with Crippen LogP contribution in [0.15, 0.2) is 89.6 Å². The summed E-state index contributed by atoms with van der Waals surface area (Å²) in [6, 6.07) is 26.1. The lowest BCUT2D eigenvalue weighted by Gasteiger charge is -2.07. The van der Waals surface area contributed by atoms with Gasteiger partial charge in [-0.2, -0.15) is 0 Å². The van der Waals surface area contributed by atoms with E-state index in [4.69, 9.17) is 4.42 Å². The van der Waals surface area contributed by atoms with Crippen molar-refractivity contribution in [3.63, 3.8) is 0 Å². The van der Waals surface area contributed by atoms with Crippen LogP contribution in [0.3, 0.4) is 0 Å². The molecule has 0 fully saturated rings. The summed E-state index contributed by atoms with van der Waals surface area (Å²) in [6.45, 7) is 0. The van der Waals surface area contributed by atoms with Gasteiger partial charge >= 0.3 is 0 Å². The number of anilines is 2. The number of rotatable bonds is 3. The van der Waals surface area contributed by atoms with Gasteiger partial charge in [0.2, 0.25) is 0 Å². The summed E-state index contributed by atoms with van der Waals surface area (Å²) in [4.78, 5) is 8.79. The molecule has 0 saturated heterocycles. The molecule has 0 aliphatic heterocycles. The summed E-state index contributed by atoms with van der Waals surface area (Å²) >= 11 is 0. The summed E-state index contributed by atoms with van der Waals surface area (Å²) in [5.41, 5.74) is 4.49. The van der Waals surface area contributed by atoms with E-state index in [0.29, 0.717) is 0 Å². The van der Waals surface area contributed by atoms with Crippen LogP contribution < -0.4 is 5.32 Å². The van der Waals surface area contributed by atoms with Gasteiger partial charge in [-0.15, -0.1) is 0 Å². The predicted octanol–water partition coefficient (Wildman–Crippen LogP) is 5.79. The van der Waals surface area contributed by atoms with Crippen LogP contribution in [0.25, 0.3) is 33.2 Å². The summed E-state index contributed by atoms with van der Waals surface area (Å²) in [5.74, 6) is 0.745. The fourth-order valence-corrected chi connectivity index (χ4v) is 3.19. The molecular weight excluding hydrogens is 322 g/mol. The van der Waals surface area contributed by atoms with E-state index in [1.807, 2.05) is 66.7 Å². The molecule has 0 saturated carbocycles. The summed E-state index contributed by atoms with van der Waals surface area (Å²) in [6.07, 6.45) is 1.57. The van der Waals surface area contributed by atoms with Gasteiger partial charge in [-0.1, -0.05) is 48.5 Å². The highest BCUT2D eigenvalue weighted by atomic mass is 16.3. The molecule has 2 aromatic heterocycles. The molecule has 0 atom stereocenters. The molecule has 5 aromatic rings. The number of para-hydroxylation sites is 3. The third-order valence-corrected chi connectivity index (χ3v) is 4.39.